The minimum absolute atomic E-state index is 0.347. The average molecular weight is 276 g/mol. The molecule has 1 fully saturated rings. The van der Waals surface area contributed by atoms with Gasteiger partial charge in [-0.2, -0.15) is 0 Å². The van der Waals surface area contributed by atoms with Gasteiger partial charge in [0.05, 0.1) is 0 Å². The van der Waals surface area contributed by atoms with Crippen molar-refractivity contribution < 1.29 is 0 Å². The smallest absolute Gasteiger partial charge is 0.223 e. The van der Waals surface area contributed by atoms with Gasteiger partial charge < -0.3 is 0 Å². The zero-order valence-electron chi connectivity index (χ0n) is 7.84. The van der Waals surface area contributed by atoms with E-state index >= 15 is 0 Å². The van der Waals surface area contributed by atoms with Gasteiger partial charge in [-0.25, -0.2) is 9.97 Å². The third kappa shape index (κ3) is 2.45. The number of halogens is 2. The van der Waals surface area contributed by atoms with Crippen molar-refractivity contribution in [3.05, 3.63) is 21.6 Å². The van der Waals surface area contributed by atoms with Gasteiger partial charge in [-0.05, 0) is 46.4 Å². The summed E-state index contributed by atoms with van der Waals surface area (Å²) in [4.78, 5) is 8.28. The van der Waals surface area contributed by atoms with Gasteiger partial charge in [0.2, 0.25) is 5.28 Å². The minimum atomic E-state index is 0.347. The topological polar surface area (TPSA) is 25.8 Å². The van der Waals surface area contributed by atoms with E-state index < -0.39 is 0 Å². The molecule has 4 heteroatoms. The molecule has 2 nitrogen and oxygen atoms in total. The molecule has 2 rings (SSSR count). The van der Waals surface area contributed by atoms with Crippen LogP contribution in [0.4, 0.5) is 0 Å². The van der Waals surface area contributed by atoms with Gasteiger partial charge >= 0.3 is 0 Å². The first-order valence-electron chi connectivity index (χ1n) is 4.95. The van der Waals surface area contributed by atoms with Crippen LogP contribution in [0, 0.1) is 0 Å². The highest BCUT2D eigenvalue weighted by molar-refractivity contribution is 9.10. The number of hydrogen-bond acceptors (Lipinski definition) is 2. The van der Waals surface area contributed by atoms with Crippen molar-refractivity contribution in [2.75, 3.05) is 0 Å². The number of aromatic nitrogens is 2. The molecule has 0 spiro atoms. The Morgan fingerprint density at radius 2 is 1.93 bits per heavy atom. The van der Waals surface area contributed by atoms with Crippen LogP contribution in [-0.4, -0.2) is 9.97 Å². The monoisotopic (exact) mass is 274 g/mol. The summed E-state index contributed by atoms with van der Waals surface area (Å²) in [5, 5.41) is 0.347. The molecule has 0 saturated heterocycles. The molecule has 1 saturated carbocycles. The highest BCUT2D eigenvalue weighted by Gasteiger charge is 2.17. The standard InChI is InChI=1S/C10H12BrClN2/c11-9-6-8(13-10(12)14-9)7-4-2-1-3-5-7/h6-7H,1-5H2. The zero-order chi connectivity index (χ0) is 9.97. The molecule has 76 valence electrons. The molecule has 14 heavy (non-hydrogen) atoms. The largest absolute Gasteiger partial charge is 0.223 e. The predicted octanol–water partition coefficient (Wildman–Crippen LogP) is 3.94. The van der Waals surface area contributed by atoms with E-state index in [0.717, 1.165) is 10.3 Å². The Kier molecular flexibility index (Phi) is 3.39. The summed E-state index contributed by atoms with van der Waals surface area (Å²) in [5.41, 5.74) is 1.09. The van der Waals surface area contributed by atoms with Gasteiger partial charge in [-0.3, -0.25) is 0 Å². The predicted molar refractivity (Wildman–Crippen MR) is 60.6 cm³/mol. The van der Waals surface area contributed by atoms with E-state index in [9.17, 15) is 0 Å². The summed E-state index contributed by atoms with van der Waals surface area (Å²) in [6.07, 6.45) is 6.45. The maximum atomic E-state index is 5.82. The molecule has 1 aliphatic rings. The van der Waals surface area contributed by atoms with Crippen molar-refractivity contribution in [1.82, 2.24) is 9.97 Å². The molecule has 0 aromatic carbocycles. The summed E-state index contributed by atoms with van der Waals surface area (Å²) < 4.78 is 0.790. The third-order valence-electron chi connectivity index (χ3n) is 2.71. The molecule has 0 bridgehead atoms. The van der Waals surface area contributed by atoms with Crippen molar-refractivity contribution in [2.24, 2.45) is 0 Å². The molecule has 0 amide bonds. The van der Waals surface area contributed by atoms with Crippen LogP contribution in [0.3, 0.4) is 0 Å². The molecule has 0 aliphatic heterocycles. The Hall–Kier alpha value is -0.150. The maximum absolute atomic E-state index is 5.82. The van der Waals surface area contributed by atoms with Crippen LogP contribution in [0.2, 0.25) is 5.28 Å². The van der Waals surface area contributed by atoms with Crippen LogP contribution in [0.1, 0.15) is 43.7 Å². The maximum Gasteiger partial charge on any atom is 0.223 e. The first-order valence-corrected chi connectivity index (χ1v) is 6.13. The molecular weight excluding hydrogens is 263 g/mol. The zero-order valence-corrected chi connectivity index (χ0v) is 10.2. The van der Waals surface area contributed by atoms with Crippen molar-refractivity contribution in [3.8, 4) is 0 Å². The SMILES string of the molecule is Clc1nc(Br)cc(C2CCCCC2)n1. The van der Waals surface area contributed by atoms with Crippen molar-refractivity contribution in [3.63, 3.8) is 0 Å². The highest BCUT2D eigenvalue weighted by Crippen LogP contribution is 2.32. The molecule has 0 radical (unpaired) electrons. The lowest BCUT2D eigenvalue weighted by atomic mass is 9.87. The molecule has 1 aromatic heterocycles. The Morgan fingerprint density at radius 1 is 1.21 bits per heavy atom. The van der Waals surface area contributed by atoms with Gasteiger partial charge in [0.25, 0.3) is 0 Å². The van der Waals surface area contributed by atoms with Gasteiger partial charge in [0.1, 0.15) is 4.60 Å². The van der Waals surface area contributed by atoms with E-state index in [0.29, 0.717) is 11.2 Å². The van der Waals surface area contributed by atoms with Gasteiger partial charge in [-0.15, -0.1) is 0 Å². The molecule has 1 aliphatic carbocycles. The average Bonchev–Trinajstić information content (AvgIpc) is 2.18. The highest BCUT2D eigenvalue weighted by atomic mass is 79.9. The van der Waals surface area contributed by atoms with Crippen LogP contribution < -0.4 is 0 Å². The summed E-state index contributed by atoms with van der Waals surface area (Å²) in [6.45, 7) is 0. The summed E-state index contributed by atoms with van der Waals surface area (Å²) in [5.74, 6) is 0.584. The third-order valence-corrected chi connectivity index (χ3v) is 3.29. The summed E-state index contributed by atoms with van der Waals surface area (Å²) >= 11 is 9.16. The van der Waals surface area contributed by atoms with Crippen LogP contribution in [0.25, 0.3) is 0 Å². The van der Waals surface area contributed by atoms with Gasteiger partial charge in [0, 0.05) is 11.6 Å². The molecule has 1 aromatic rings. The van der Waals surface area contributed by atoms with Crippen molar-refractivity contribution in [2.45, 2.75) is 38.0 Å². The quantitative estimate of drug-likeness (QED) is 0.573. The Labute approximate surface area is 97.2 Å². The normalized spacial score (nSPS) is 18.4. The van der Waals surface area contributed by atoms with E-state index in [1.807, 2.05) is 6.07 Å². The lowest BCUT2D eigenvalue weighted by molar-refractivity contribution is 0.436. The van der Waals surface area contributed by atoms with E-state index in [4.69, 9.17) is 11.6 Å². The molecule has 0 atom stereocenters. The second-order valence-electron chi connectivity index (χ2n) is 3.72. The molecule has 0 N–H and O–H groups in total. The lowest BCUT2D eigenvalue weighted by Gasteiger charge is -2.20. The fourth-order valence-corrected chi connectivity index (χ4v) is 2.71. The second kappa shape index (κ2) is 4.58. The summed E-state index contributed by atoms with van der Waals surface area (Å²) in [6, 6.07) is 1.99. The Balaban J connectivity index is 2.21. The lowest BCUT2D eigenvalue weighted by Crippen LogP contribution is -2.07. The van der Waals surface area contributed by atoms with Crippen LogP contribution in [0.5, 0.6) is 0 Å². The second-order valence-corrected chi connectivity index (χ2v) is 4.87. The summed E-state index contributed by atoms with van der Waals surface area (Å²) in [7, 11) is 0. The molecule has 1 heterocycles. The number of rotatable bonds is 1. The Morgan fingerprint density at radius 3 is 2.57 bits per heavy atom. The van der Waals surface area contributed by atoms with Crippen LogP contribution in [-0.2, 0) is 0 Å². The van der Waals surface area contributed by atoms with E-state index in [1.165, 1.54) is 32.1 Å². The number of nitrogens with zero attached hydrogens (tertiary/aromatic N) is 2. The van der Waals surface area contributed by atoms with Crippen molar-refractivity contribution >= 4 is 27.5 Å². The van der Waals surface area contributed by atoms with Gasteiger partial charge in [0.15, 0.2) is 0 Å². The first kappa shape index (κ1) is 10.4. The minimum Gasteiger partial charge on any atom is -0.223 e. The van der Waals surface area contributed by atoms with E-state index in [1.54, 1.807) is 0 Å². The van der Waals surface area contributed by atoms with Crippen molar-refractivity contribution in [1.29, 1.82) is 0 Å². The van der Waals surface area contributed by atoms with E-state index in [2.05, 4.69) is 25.9 Å². The van der Waals surface area contributed by atoms with E-state index in [-0.39, 0.29) is 0 Å². The Bertz CT molecular complexity index is 304. The fraction of sp³-hybridized carbons (Fsp3) is 0.600. The molecular formula is C10H12BrClN2. The number of hydrogen-bond donors (Lipinski definition) is 0. The fourth-order valence-electron chi connectivity index (χ4n) is 2.01. The van der Waals surface area contributed by atoms with Crippen LogP contribution >= 0.6 is 27.5 Å². The molecule has 0 unspecified atom stereocenters. The van der Waals surface area contributed by atoms with Gasteiger partial charge in [-0.1, -0.05) is 19.3 Å². The van der Waals surface area contributed by atoms with Crippen LogP contribution in [0.15, 0.2) is 10.7 Å². The first-order chi connectivity index (χ1) is 6.75.